The van der Waals surface area contributed by atoms with E-state index in [1.54, 1.807) is 11.0 Å². The van der Waals surface area contributed by atoms with Gasteiger partial charge in [-0.1, -0.05) is 12.1 Å². The normalized spacial score (nSPS) is 11.9. The minimum atomic E-state index is -4.55. The van der Waals surface area contributed by atoms with Crippen molar-refractivity contribution < 1.29 is 27.9 Å². The summed E-state index contributed by atoms with van der Waals surface area (Å²) in [7, 11) is 0. The number of aliphatic hydroxyl groups is 1. The van der Waals surface area contributed by atoms with E-state index < -0.39 is 29.0 Å². The fourth-order valence-corrected chi connectivity index (χ4v) is 2.76. The molecule has 2 amide bonds. The number of carbonyl (C=O) groups excluding carboxylic acids is 2. The van der Waals surface area contributed by atoms with Gasteiger partial charge in [0.05, 0.1) is 5.56 Å². The Hall–Kier alpha value is -3.80. The van der Waals surface area contributed by atoms with Crippen LogP contribution >= 0.6 is 0 Å². The van der Waals surface area contributed by atoms with Gasteiger partial charge in [-0.15, -0.1) is 0 Å². The summed E-state index contributed by atoms with van der Waals surface area (Å²) in [5.41, 5.74) is -1.01. The first kappa shape index (κ1) is 23.5. The molecule has 0 aromatic heterocycles. The first-order chi connectivity index (χ1) is 14.6. The minimum absolute atomic E-state index is 0.111. The molecule has 2 N–H and O–H groups in total. The van der Waals surface area contributed by atoms with Gasteiger partial charge in [0.1, 0.15) is 11.8 Å². The average molecular weight is 431 g/mol. The van der Waals surface area contributed by atoms with Gasteiger partial charge < -0.3 is 15.3 Å². The van der Waals surface area contributed by atoms with Crippen molar-refractivity contribution in [1.29, 1.82) is 5.26 Å². The van der Waals surface area contributed by atoms with Crippen LogP contribution in [0.15, 0.2) is 54.1 Å². The molecule has 0 saturated carbocycles. The molecule has 0 heterocycles. The number of nitriles is 1. The van der Waals surface area contributed by atoms with Crippen LogP contribution in [0.5, 0.6) is 0 Å². The summed E-state index contributed by atoms with van der Waals surface area (Å²) >= 11 is 0. The highest BCUT2D eigenvalue weighted by Gasteiger charge is 2.30. The number of nitrogens with one attached hydrogen (secondary N) is 1. The van der Waals surface area contributed by atoms with Gasteiger partial charge in [0.25, 0.3) is 11.8 Å². The number of aliphatic hydroxyl groups excluding tert-OH is 1. The van der Waals surface area contributed by atoms with Crippen molar-refractivity contribution >= 4 is 23.3 Å². The van der Waals surface area contributed by atoms with Crippen LogP contribution in [0.3, 0.4) is 0 Å². The number of alkyl halides is 3. The lowest BCUT2D eigenvalue weighted by Gasteiger charge is -2.18. The Balaban J connectivity index is 2.21. The molecule has 2 aromatic rings. The van der Waals surface area contributed by atoms with Gasteiger partial charge in [-0.2, -0.15) is 18.4 Å². The fourth-order valence-electron chi connectivity index (χ4n) is 2.76. The van der Waals surface area contributed by atoms with Crippen molar-refractivity contribution in [3.05, 3.63) is 70.8 Å². The molecule has 0 atom stereocenters. The van der Waals surface area contributed by atoms with Crippen molar-refractivity contribution in [2.45, 2.75) is 20.0 Å². The molecule has 0 spiro atoms. The van der Waals surface area contributed by atoms with Crippen LogP contribution in [0.1, 0.15) is 35.3 Å². The van der Waals surface area contributed by atoms with Crippen LogP contribution in [0.4, 0.5) is 18.9 Å². The number of halogens is 3. The Bertz CT molecular complexity index is 1020. The van der Waals surface area contributed by atoms with Crippen LogP contribution in [0, 0.1) is 11.3 Å². The third kappa shape index (κ3) is 5.63. The van der Waals surface area contributed by atoms with Crippen molar-refractivity contribution in [3.63, 3.8) is 0 Å². The molecular formula is C22H20F3N3O3. The Morgan fingerprint density at radius 1 is 1.00 bits per heavy atom. The standard InChI is InChI=1S/C22H20F3N3O3/c1-3-28(4-2)21(31)15-7-11-17(12-8-15)27-20(30)18(13-26)19(29)14-5-9-16(10-6-14)22(23,24)25/h5-12,29H,3-4H2,1-2H3,(H,27,30)/b19-18-. The zero-order chi connectivity index (χ0) is 23.2. The van der Waals surface area contributed by atoms with Gasteiger partial charge in [-0.25, -0.2) is 0 Å². The molecule has 31 heavy (non-hydrogen) atoms. The van der Waals surface area contributed by atoms with E-state index in [0.29, 0.717) is 18.7 Å². The molecule has 2 rings (SSSR count). The first-order valence-electron chi connectivity index (χ1n) is 9.34. The first-order valence-corrected chi connectivity index (χ1v) is 9.34. The molecule has 162 valence electrons. The second kappa shape index (κ2) is 9.80. The monoisotopic (exact) mass is 431 g/mol. The second-order valence-electron chi connectivity index (χ2n) is 6.42. The molecule has 0 aliphatic carbocycles. The summed E-state index contributed by atoms with van der Waals surface area (Å²) in [6, 6.07) is 11.0. The molecule has 0 bridgehead atoms. The zero-order valence-electron chi connectivity index (χ0n) is 16.8. The van der Waals surface area contributed by atoms with E-state index in [0.717, 1.165) is 24.3 Å². The van der Waals surface area contributed by atoms with E-state index in [1.807, 2.05) is 13.8 Å². The maximum atomic E-state index is 12.7. The molecule has 0 radical (unpaired) electrons. The summed E-state index contributed by atoms with van der Waals surface area (Å²) in [5, 5.41) is 21.9. The van der Waals surface area contributed by atoms with E-state index >= 15 is 0 Å². The summed E-state index contributed by atoms with van der Waals surface area (Å²) in [5.74, 6) is -1.86. The molecule has 2 aromatic carbocycles. The fraction of sp³-hybridized carbons (Fsp3) is 0.227. The van der Waals surface area contributed by atoms with E-state index in [-0.39, 0.29) is 17.2 Å². The van der Waals surface area contributed by atoms with Crippen LogP contribution in [-0.2, 0) is 11.0 Å². The number of benzene rings is 2. The SMILES string of the molecule is CCN(CC)C(=O)c1ccc(NC(=O)/C(C#N)=C(\O)c2ccc(C(F)(F)F)cc2)cc1. The topological polar surface area (TPSA) is 93.4 Å². The maximum Gasteiger partial charge on any atom is 0.416 e. The lowest BCUT2D eigenvalue weighted by molar-refractivity contribution is -0.137. The average Bonchev–Trinajstić information content (AvgIpc) is 2.75. The van der Waals surface area contributed by atoms with Crippen LogP contribution in [-0.4, -0.2) is 34.9 Å². The van der Waals surface area contributed by atoms with Gasteiger partial charge in [0.15, 0.2) is 5.57 Å². The predicted octanol–water partition coefficient (Wildman–Crippen LogP) is 4.62. The number of nitrogens with zero attached hydrogens (tertiary/aromatic N) is 2. The maximum absolute atomic E-state index is 12.7. The molecule has 0 fully saturated rings. The van der Waals surface area contributed by atoms with Crippen LogP contribution in [0.2, 0.25) is 0 Å². The molecule has 9 heteroatoms. The number of hydrogen-bond donors (Lipinski definition) is 2. The summed E-state index contributed by atoms with van der Waals surface area (Å²) < 4.78 is 38.0. The Morgan fingerprint density at radius 3 is 1.97 bits per heavy atom. The molecule has 0 saturated heterocycles. The van der Waals surface area contributed by atoms with Gasteiger partial charge in [0.2, 0.25) is 0 Å². The smallest absolute Gasteiger partial charge is 0.416 e. The van der Waals surface area contributed by atoms with Crippen molar-refractivity contribution in [2.24, 2.45) is 0 Å². The lowest BCUT2D eigenvalue weighted by Crippen LogP contribution is -2.30. The Kier molecular flexibility index (Phi) is 7.42. The molecule has 0 unspecified atom stereocenters. The van der Waals surface area contributed by atoms with E-state index in [9.17, 15) is 33.1 Å². The molecule has 0 aliphatic rings. The quantitative estimate of drug-likeness (QED) is 0.397. The largest absolute Gasteiger partial charge is 0.506 e. The highest BCUT2D eigenvalue weighted by Crippen LogP contribution is 2.30. The third-order valence-electron chi connectivity index (χ3n) is 4.50. The Morgan fingerprint density at radius 2 is 1.52 bits per heavy atom. The number of hydrogen-bond acceptors (Lipinski definition) is 4. The van der Waals surface area contributed by atoms with E-state index in [4.69, 9.17) is 0 Å². The van der Waals surface area contributed by atoms with Gasteiger partial charge >= 0.3 is 6.18 Å². The highest BCUT2D eigenvalue weighted by molar-refractivity contribution is 6.11. The van der Waals surface area contributed by atoms with Crippen LogP contribution in [0.25, 0.3) is 5.76 Å². The number of carbonyl (C=O) groups is 2. The molecule has 0 aliphatic heterocycles. The van der Waals surface area contributed by atoms with Crippen LogP contribution < -0.4 is 5.32 Å². The van der Waals surface area contributed by atoms with Gasteiger partial charge in [-0.3, -0.25) is 9.59 Å². The molecular weight excluding hydrogens is 411 g/mol. The van der Waals surface area contributed by atoms with Crippen molar-refractivity contribution in [2.75, 3.05) is 18.4 Å². The second-order valence-corrected chi connectivity index (χ2v) is 6.42. The predicted molar refractivity (Wildman–Crippen MR) is 109 cm³/mol. The zero-order valence-corrected chi connectivity index (χ0v) is 16.8. The third-order valence-corrected chi connectivity index (χ3v) is 4.50. The summed E-state index contributed by atoms with van der Waals surface area (Å²) in [6.45, 7) is 4.81. The number of amides is 2. The molecule has 6 nitrogen and oxygen atoms in total. The van der Waals surface area contributed by atoms with Crippen molar-refractivity contribution in [1.82, 2.24) is 4.90 Å². The van der Waals surface area contributed by atoms with Crippen molar-refractivity contribution in [3.8, 4) is 6.07 Å². The summed E-state index contributed by atoms with van der Waals surface area (Å²) in [4.78, 5) is 26.3. The Labute approximate surface area is 177 Å². The highest BCUT2D eigenvalue weighted by atomic mass is 19.4. The van der Waals surface area contributed by atoms with Gasteiger partial charge in [0, 0.05) is 29.9 Å². The van der Waals surface area contributed by atoms with Gasteiger partial charge in [-0.05, 0) is 50.2 Å². The lowest BCUT2D eigenvalue weighted by atomic mass is 10.1. The van der Waals surface area contributed by atoms with E-state index in [2.05, 4.69) is 5.32 Å². The minimum Gasteiger partial charge on any atom is -0.506 e. The summed E-state index contributed by atoms with van der Waals surface area (Å²) in [6.07, 6.45) is -4.55. The van der Waals surface area contributed by atoms with E-state index in [1.165, 1.54) is 24.3 Å². The number of anilines is 1. The number of rotatable bonds is 6.